The number of benzene rings is 1. The Morgan fingerprint density at radius 1 is 1.10 bits per heavy atom. The van der Waals surface area contributed by atoms with Gasteiger partial charge in [-0.05, 0) is 73.3 Å². The van der Waals surface area contributed by atoms with Gasteiger partial charge in [0.05, 0.1) is 29.8 Å². The number of rotatable bonds is 2. The van der Waals surface area contributed by atoms with E-state index < -0.39 is 16.8 Å². The first-order chi connectivity index (χ1) is 15.1. The Labute approximate surface area is 182 Å². The van der Waals surface area contributed by atoms with Gasteiger partial charge in [0.25, 0.3) is 0 Å². The zero-order chi connectivity index (χ0) is 20.6. The topological polar surface area (TPSA) is 71.7 Å². The van der Waals surface area contributed by atoms with E-state index >= 15 is 0 Å². The van der Waals surface area contributed by atoms with Crippen LogP contribution in [0.5, 0.6) is 5.75 Å². The molecule has 1 N–H and O–H groups in total. The minimum absolute atomic E-state index is 0.321. The number of ether oxygens (including phenoxy) is 3. The first kappa shape index (κ1) is 17.9. The normalized spacial score (nSPS) is 47.2. The molecule has 2 bridgehead atoms. The lowest BCUT2D eigenvalue weighted by Crippen LogP contribution is -2.71. The smallest absolute Gasteiger partial charge is 0.207 e. The van der Waals surface area contributed by atoms with Crippen LogP contribution in [0.15, 0.2) is 12.1 Å². The molecule has 2 heterocycles. The minimum Gasteiger partial charge on any atom is -0.482 e. The van der Waals surface area contributed by atoms with Crippen molar-refractivity contribution >= 4 is 0 Å². The van der Waals surface area contributed by atoms with Crippen LogP contribution in [-0.2, 0) is 21.3 Å². The Hall–Kier alpha value is -1.61. The average Bonchev–Trinajstić information content (AvgIpc) is 3.22. The first-order valence-corrected chi connectivity index (χ1v) is 12.3. The van der Waals surface area contributed by atoms with E-state index in [-0.39, 0.29) is 6.10 Å². The third-order valence-corrected chi connectivity index (χ3v) is 10.4. The number of hydrogen-bond acceptors (Lipinski definition) is 5. The monoisotopic (exact) mass is 419 g/mol. The highest BCUT2D eigenvalue weighted by atomic mass is 16.8. The lowest BCUT2D eigenvalue weighted by molar-refractivity contribution is -0.281. The van der Waals surface area contributed by atoms with E-state index in [0.717, 1.165) is 24.3 Å². The third kappa shape index (κ3) is 1.85. The second-order valence-corrected chi connectivity index (χ2v) is 11.5. The van der Waals surface area contributed by atoms with E-state index in [2.05, 4.69) is 12.1 Å². The fraction of sp³-hybridized carbons (Fsp3) is 0.731. The number of hydrogen-bond donors (Lipinski definition) is 1. The van der Waals surface area contributed by atoms with Gasteiger partial charge in [-0.2, -0.15) is 5.26 Å². The predicted molar refractivity (Wildman–Crippen MR) is 110 cm³/mol. The highest BCUT2D eigenvalue weighted by Gasteiger charge is 2.82. The largest absolute Gasteiger partial charge is 0.482 e. The van der Waals surface area contributed by atoms with E-state index in [4.69, 9.17) is 14.2 Å². The Bertz CT molecular complexity index is 1040. The van der Waals surface area contributed by atoms with Crippen LogP contribution in [0.2, 0.25) is 0 Å². The Morgan fingerprint density at radius 2 is 1.94 bits per heavy atom. The van der Waals surface area contributed by atoms with E-state index in [9.17, 15) is 10.4 Å². The summed E-state index contributed by atoms with van der Waals surface area (Å²) >= 11 is 0. The van der Waals surface area contributed by atoms with Gasteiger partial charge in [0, 0.05) is 12.0 Å². The molecular weight excluding hydrogens is 390 g/mol. The molecule has 0 amide bonds. The molecule has 5 nitrogen and oxygen atoms in total. The quantitative estimate of drug-likeness (QED) is 0.795. The fourth-order valence-electron chi connectivity index (χ4n) is 9.41. The molecule has 1 aromatic carbocycles. The van der Waals surface area contributed by atoms with Crippen molar-refractivity contribution < 1.29 is 19.3 Å². The van der Waals surface area contributed by atoms with Crippen LogP contribution in [-0.4, -0.2) is 35.8 Å². The number of nitriles is 1. The molecule has 2 aliphatic heterocycles. The molecule has 8 rings (SSSR count). The number of aliphatic hydroxyl groups is 1. The molecule has 7 aliphatic rings. The molecule has 0 aromatic heterocycles. The van der Waals surface area contributed by atoms with Gasteiger partial charge in [0.15, 0.2) is 6.10 Å². The van der Waals surface area contributed by atoms with Crippen LogP contribution in [0.1, 0.15) is 61.6 Å². The highest BCUT2D eigenvalue weighted by molar-refractivity contribution is 5.64. The third-order valence-electron chi connectivity index (χ3n) is 10.4. The van der Waals surface area contributed by atoms with Gasteiger partial charge >= 0.3 is 0 Å². The molecule has 5 unspecified atom stereocenters. The standard InChI is InChI=1S/C26H29NO4/c27-13-16-4-3-15-10-18-11-17(9-14-1-2-14)19-12-20(18)26-21(15)22(16)31-23(26)25(29-7-8-30-25)6-5-24(19,26)28/h3-4,14,17-20,23,28H,1-2,5-12H2/t17?,18?,19-,20?,23?,24?,26-/m0/s1. The van der Waals surface area contributed by atoms with Crippen LogP contribution in [0.25, 0.3) is 0 Å². The van der Waals surface area contributed by atoms with Crippen molar-refractivity contribution in [3.05, 3.63) is 28.8 Å². The number of nitrogens with zero attached hydrogens (tertiary/aromatic N) is 1. The summed E-state index contributed by atoms with van der Waals surface area (Å²) in [5, 5.41) is 22.6. The van der Waals surface area contributed by atoms with Crippen molar-refractivity contribution in [1.29, 1.82) is 5.26 Å². The van der Waals surface area contributed by atoms with Crippen LogP contribution in [0.4, 0.5) is 0 Å². The molecular formula is C26H29NO4. The van der Waals surface area contributed by atoms with Crippen LogP contribution < -0.4 is 4.74 Å². The first-order valence-electron chi connectivity index (χ1n) is 12.3. The van der Waals surface area contributed by atoms with Gasteiger partial charge in [-0.25, -0.2) is 0 Å². The maximum Gasteiger partial charge on any atom is 0.207 e. The fourth-order valence-corrected chi connectivity index (χ4v) is 9.41. The van der Waals surface area contributed by atoms with Crippen molar-refractivity contribution in [2.24, 2.45) is 29.6 Å². The molecule has 5 aliphatic carbocycles. The summed E-state index contributed by atoms with van der Waals surface area (Å²) < 4.78 is 19.4. The summed E-state index contributed by atoms with van der Waals surface area (Å²) in [5.74, 6) is 2.68. The van der Waals surface area contributed by atoms with Crippen molar-refractivity contribution in [3.8, 4) is 11.8 Å². The molecule has 1 saturated heterocycles. The van der Waals surface area contributed by atoms with E-state index in [0.29, 0.717) is 61.0 Å². The summed E-state index contributed by atoms with van der Waals surface area (Å²) in [6.07, 6.45) is 8.40. The van der Waals surface area contributed by atoms with Crippen molar-refractivity contribution in [2.45, 2.75) is 74.3 Å². The second kappa shape index (κ2) is 5.47. The molecule has 5 heteroatoms. The molecule has 162 valence electrons. The zero-order valence-electron chi connectivity index (χ0n) is 17.8. The predicted octanol–water partition coefficient (Wildman–Crippen LogP) is 3.45. The summed E-state index contributed by atoms with van der Waals surface area (Å²) in [7, 11) is 0. The van der Waals surface area contributed by atoms with Crippen LogP contribution in [0, 0.1) is 40.9 Å². The van der Waals surface area contributed by atoms with Crippen molar-refractivity contribution in [3.63, 3.8) is 0 Å². The molecule has 7 atom stereocenters. The van der Waals surface area contributed by atoms with Gasteiger partial charge in [-0.3, -0.25) is 0 Å². The maximum atomic E-state index is 12.8. The van der Waals surface area contributed by atoms with Crippen LogP contribution in [0.3, 0.4) is 0 Å². The SMILES string of the molecule is N#Cc1ccc2c3c1OC1C4(CCC5(O)[C@H]6CC(C(C2)CC6CC2CC2)[C@]315)OCCO4. The molecule has 0 radical (unpaired) electrons. The molecule has 31 heavy (non-hydrogen) atoms. The lowest BCUT2D eigenvalue weighted by Gasteiger charge is -2.57. The zero-order valence-corrected chi connectivity index (χ0v) is 17.8. The van der Waals surface area contributed by atoms with E-state index in [1.807, 2.05) is 6.07 Å². The van der Waals surface area contributed by atoms with Crippen molar-refractivity contribution in [1.82, 2.24) is 0 Å². The average molecular weight is 420 g/mol. The molecule has 1 aromatic rings. The Kier molecular flexibility index (Phi) is 3.16. The Morgan fingerprint density at radius 3 is 2.71 bits per heavy atom. The molecule has 4 saturated carbocycles. The summed E-state index contributed by atoms with van der Waals surface area (Å²) in [4.78, 5) is 0. The van der Waals surface area contributed by atoms with E-state index in [1.165, 1.54) is 31.2 Å². The number of fused-ring (bicyclic) bond motifs is 3. The maximum absolute atomic E-state index is 12.8. The molecule has 5 fully saturated rings. The lowest BCUT2D eigenvalue weighted by atomic mass is 9.50. The van der Waals surface area contributed by atoms with Gasteiger partial charge < -0.3 is 19.3 Å². The summed E-state index contributed by atoms with van der Waals surface area (Å²) in [5.41, 5.74) is 1.73. The Balaban J connectivity index is 1.40. The summed E-state index contributed by atoms with van der Waals surface area (Å²) in [6, 6.07) is 6.43. The molecule has 2 spiro atoms. The summed E-state index contributed by atoms with van der Waals surface area (Å²) in [6.45, 7) is 1.15. The van der Waals surface area contributed by atoms with E-state index in [1.54, 1.807) is 0 Å². The van der Waals surface area contributed by atoms with Gasteiger partial charge in [0.2, 0.25) is 5.79 Å². The second-order valence-electron chi connectivity index (χ2n) is 11.5. The van der Waals surface area contributed by atoms with Gasteiger partial charge in [0.1, 0.15) is 11.8 Å². The van der Waals surface area contributed by atoms with Crippen molar-refractivity contribution in [2.75, 3.05) is 13.2 Å². The minimum atomic E-state index is -0.800. The highest BCUT2D eigenvalue weighted by Crippen LogP contribution is 2.76. The van der Waals surface area contributed by atoms with Crippen LogP contribution >= 0.6 is 0 Å². The van der Waals surface area contributed by atoms with Gasteiger partial charge in [-0.15, -0.1) is 0 Å². The van der Waals surface area contributed by atoms with Gasteiger partial charge in [-0.1, -0.05) is 18.9 Å².